The molecule has 0 N–H and O–H groups in total. The molecular weight excluding hydrogens is 188 g/mol. The molecule has 3 saturated carbocycles. The summed E-state index contributed by atoms with van der Waals surface area (Å²) in [6, 6.07) is 0. The third kappa shape index (κ3) is 1.42. The van der Waals surface area contributed by atoms with Crippen LogP contribution < -0.4 is 0 Å². The van der Waals surface area contributed by atoms with Crippen LogP contribution in [0.25, 0.3) is 0 Å². The predicted octanol–water partition coefficient (Wildman–Crippen LogP) is 2.68. The van der Waals surface area contributed by atoms with Gasteiger partial charge in [-0.1, -0.05) is 13.0 Å². The Morgan fingerprint density at radius 2 is 2.07 bits per heavy atom. The zero-order chi connectivity index (χ0) is 10.5. The standard InChI is InChI=1S/C13H18O2/c1-2-12(14)15-13-6-9-3-4-10(7-13)11(5-9)8-13/h2,9-11H,1,3-8H2. The molecule has 0 aromatic heterocycles. The lowest BCUT2D eigenvalue weighted by Gasteiger charge is -2.38. The van der Waals surface area contributed by atoms with E-state index in [2.05, 4.69) is 6.58 Å². The summed E-state index contributed by atoms with van der Waals surface area (Å²) < 4.78 is 5.64. The number of esters is 1. The largest absolute Gasteiger partial charge is 0.456 e. The molecular formula is C13H18O2. The van der Waals surface area contributed by atoms with Crippen LogP contribution in [0.1, 0.15) is 38.5 Å². The van der Waals surface area contributed by atoms with Crippen LogP contribution in [0.5, 0.6) is 0 Å². The zero-order valence-corrected chi connectivity index (χ0v) is 9.08. The van der Waals surface area contributed by atoms with E-state index in [0.29, 0.717) is 0 Å². The first-order valence-corrected chi connectivity index (χ1v) is 6.06. The molecule has 0 spiro atoms. The lowest BCUT2D eigenvalue weighted by molar-refractivity contribution is -0.156. The summed E-state index contributed by atoms with van der Waals surface area (Å²) in [6.45, 7) is 3.48. The molecule has 3 aliphatic carbocycles. The fourth-order valence-electron chi connectivity index (χ4n) is 4.24. The lowest BCUT2D eigenvalue weighted by Crippen LogP contribution is -2.37. The van der Waals surface area contributed by atoms with Gasteiger partial charge >= 0.3 is 5.97 Å². The number of fused-ring (bicyclic) bond motifs is 2. The fraction of sp³-hybridized carbons (Fsp3) is 0.769. The minimum absolute atomic E-state index is 0.0972. The predicted molar refractivity (Wildman–Crippen MR) is 57.2 cm³/mol. The third-order valence-electron chi connectivity index (χ3n) is 4.66. The van der Waals surface area contributed by atoms with E-state index in [0.717, 1.165) is 37.0 Å². The van der Waals surface area contributed by atoms with Crippen molar-refractivity contribution < 1.29 is 9.53 Å². The fourth-order valence-corrected chi connectivity index (χ4v) is 4.24. The molecule has 0 amide bonds. The van der Waals surface area contributed by atoms with Gasteiger partial charge in [0.05, 0.1) is 0 Å². The first kappa shape index (κ1) is 9.44. The number of carbonyl (C=O) groups is 1. The SMILES string of the molecule is C=CC(=O)OC12CC3CCC(C1)C(C3)C2. The van der Waals surface area contributed by atoms with Gasteiger partial charge in [-0.05, 0) is 49.9 Å². The van der Waals surface area contributed by atoms with Crippen molar-refractivity contribution in [2.75, 3.05) is 0 Å². The van der Waals surface area contributed by atoms with Crippen LogP contribution >= 0.6 is 0 Å². The Kier molecular flexibility index (Phi) is 1.95. The van der Waals surface area contributed by atoms with E-state index in [9.17, 15) is 4.79 Å². The van der Waals surface area contributed by atoms with Gasteiger partial charge in [-0.25, -0.2) is 4.79 Å². The van der Waals surface area contributed by atoms with Crippen molar-refractivity contribution >= 4 is 5.97 Å². The molecule has 3 bridgehead atoms. The molecule has 2 nitrogen and oxygen atoms in total. The molecule has 15 heavy (non-hydrogen) atoms. The number of rotatable bonds is 2. The van der Waals surface area contributed by atoms with Gasteiger partial charge < -0.3 is 4.74 Å². The highest BCUT2D eigenvalue weighted by Gasteiger charge is 2.54. The molecule has 0 heterocycles. The maximum atomic E-state index is 11.4. The van der Waals surface area contributed by atoms with Crippen molar-refractivity contribution in [1.29, 1.82) is 0 Å². The Morgan fingerprint density at radius 1 is 1.27 bits per heavy atom. The average Bonchev–Trinajstić information content (AvgIpc) is 2.37. The van der Waals surface area contributed by atoms with Gasteiger partial charge in [-0.3, -0.25) is 0 Å². The van der Waals surface area contributed by atoms with Crippen molar-refractivity contribution in [2.45, 2.75) is 44.1 Å². The van der Waals surface area contributed by atoms with Crippen molar-refractivity contribution in [3.05, 3.63) is 12.7 Å². The van der Waals surface area contributed by atoms with E-state index < -0.39 is 0 Å². The van der Waals surface area contributed by atoms with Crippen molar-refractivity contribution in [3.63, 3.8) is 0 Å². The smallest absolute Gasteiger partial charge is 0.330 e. The van der Waals surface area contributed by atoms with Crippen LogP contribution in [0.2, 0.25) is 0 Å². The normalized spacial score (nSPS) is 46.5. The molecule has 82 valence electrons. The summed E-state index contributed by atoms with van der Waals surface area (Å²) in [6.07, 6.45) is 8.76. The van der Waals surface area contributed by atoms with Crippen LogP contribution in [0.15, 0.2) is 12.7 Å². The summed E-state index contributed by atoms with van der Waals surface area (Å²) in [7, 11) is 0. The Morgan fingerprint density at radius 3 is 2.87 bits per heavy atom. The van der Waals surface area contributed by atoms with E-state index in [1.165, 1.54) is 25.3 Å². The first-order valence-electron chi connectivity index (χ1n) is 6.06. The van der Waals surface area contributed by atoms with Gasteiger partial charge in [0.2, 0.25) is 0 Å². The second-order valence-electron chi connectivity index (χ2n) is 5.62. The number of hydrogen-bond acceptors (Lipinski definition) is 2. The summed E-state index contributed by atoms with van der Waals surface area (Å²) in [5.41, 5.74) is -0.0972. The maximum absolute atomic E-state index is 11.4. The van der Waals surface area contributed by atoms with Crippen LogP contribution in [0.3, 0.4) is 0 Å². The number of carbonyl (C=O) groups excluding carboxylic acids is 1. The van der Waals surface area contributed by atoms with Crippen molar-refractivity contribution in [3.8, 4) is 0 Å². The molecule has 4 atom stereocenters. The van der Waals surface area contributed by atoms with E-state index in [1.54, 1.807) is 0 Å². The number of ether oxygens (including phenoxy) is 1. The van der Waals surface area contributed by atoms with Crippen LogP contribution in [0, 0.1) is 17.8 Å². The monoisotopic (exact) mass is 206 g/mol. The van der Waals surface area contributed by atoms with Crippen LogP contribution in [-0.4, -0.2) is 11.6 Å². The summed E-state index contributed by atoms with van der Waals surface area (Å²) in [4.78, 5) is 11.4. The molecule has 0 radical (unpaired) electrons. The van der Waals surface area contributed by atoms with E-state index >= 15 is 0 Å². The summed E-state index contributed by atoms with van der Waals surface area (Å²) in [5, 5.41) is 0. The quantitative estimate of drug-likeness (QED) is 0.513. The topological polar surface area (TPSA) is 26.3 Å². The molecule has 0 saturated heterocycles. The number of hydrogen-bond donors (Lipinski definition) is 0. The van der Waals surface area contributed by atoms with Gasteiger partial charge in [0.25, 0.3) is 0 Å². The average molecular weight is 206 g/mol. The molecule has 0 aromatic rings. The maximum Gasteiger partial charge on any atom is 0.330 e. The van der Waals surface area contributed by atoms with Gasteiger partial charge in [0.1, 0.15) is 5.60 Å². The van der Waals surface area contributed by atoms with Crippen molar-refractivity contribution in [1.82, 2.24) is 0 Å². The molecule has 0 aromatic carbocycles. The highest BCUT2D eigenvalue weighted by molar-refractivity contribution is 5.81. The highest BCUT2D eigenvalue weighted by atomic mass is 16.6. The minimum Gasteiger partial charge on any atom is -0.456 e. The Balaban J connectivity index is 1.82. The lowest BCUT2D eigenvalue weighted by atomic mass is 9.71. The first-order chi connectivity index (χ1) is 7.21. The molecule has 3 rings (SSSR count). The van der Waals surface area contributed by atoms with E-state index in [1.807, 2.05) is 0 Å². The second-order valence-corrected chi connectivity index (χ2v) is 5.62. The molecule has 4 unspecified atom stereocenters. The van der Waals surface area contributed by atoms with Gasteiger partial charge in [0.15, 0.2) is 0 Å². The van der Waals surface area contributed by atoms with Crippen LogP contribution in [0.4, 0.5) is 0 Å². The zero-order valence-electron chi connectivity index (χ0n) is 9.08. The highest BCUT2D eigenvalue weighted by Crippen LogP contribution is 2.58. The van der Waals surface area contributed by atoms with E-state index in [4.69, 9.17) is 4.74 Å². The molecule has 3 fully saturated rings. The Hall–Kier alpha value is -0.790. The molecule has 0 aliphatic heterocycles. The van der Waals surface area contributed by atoms with Gasteiger partial charge in [0, 0.05) is 6.08 Å². The second kappa shape index (κ2) is 3.10. The summed E-state index contributed by atoms with van der Waals surface area (Å²) in [5.74, 6) is 2.27. The van der Waals surface area contributed by atoms with Crippen LogP contribution in [-0.2, 0) is 9.53 Å². The Labute approximate surface area is 90.7 Å². The summed E-state index contributed by atoms with van der Waals surface area (Å²) >= 11 is 0. The Bertz CT molecular complexity index is 306. The van der Waals surface area contributed by atoms with E-state index in [-0.39, 0.29) is 11.6 Å². The minimum atomic E-state index is -0.225. The van der Waals surface area contributed by atoms with Crippen molar-refractivity contribution in [2.24, 2.45) is 17.8 Å². The van der Waals surface area contributed by atoms with Gasteiger partial charge in [-0.2, -0.15) is 0 Å². The third-order valence-corrected chi connectivity index (χ3v) is 4.66. The van der Waals surface area contributed by atoms with Gasteiger partial charge in [-0.15, -0.1) is 0 Å². The molecule has 3 aliphatic rings. The molecule has 2 heteroatoms.